The Kier molecular flexibility index (Phi) is 2.40. The van der Waals surface area contributed by atoms with Crippen molar-refractivity contribution in [2.75, 3.05) is 0 Å². The Bertz CT molecular complexity index is 426. The van der Waals surface area contributed by atoms with E-state index in [9.17, 15) is 0 Å². The lowest BCUT2D eigenvalue weighted by Crippen LogP contribution is -1.98. The molecule has 0 atom stereocenters. The van der Waals surface area contributed by atoms with E-state index >= 15 is 0 Å². The SMILES string of the molecule is CCc1ccccc1-n1cccc1C. The molecule has 1 heterocycles. The molecule has 72 valence electrons. The second-order valence-electron chi connectivity index (χ2n) is 3.50. The van der Waals surface area contributed by atoms with E-state index in [1.165, 1.54) is 16.9 Å². The molecule has 2 rings (SSSR count). The van der Waals surface area contributed by atoms with Crippen molar-refractivity contribution in [3.8, 4) is 5.69 Å². The molecule has 0 radical (unpaired) electrons. The zero-order valence-corrected chi connectivity index (χ0v) is 8.70. The molecule has 0 saturated heterocycles. The van der Waals surface area contributed by atoms with Crippen LogP contribution in [-0.2, 0) is 6.42 Å². The third-order valence-corrected chi connectivity index (χ3v) is 2.58. The normalized spacial score (nSPS) is 10.4. The van der Waals surface area contributed by atoms with Crippen molar-refractivity contribution in [2.24, 2.45) is 0 Å². The van der Waals surface area contributed by atoms with Gasteiger partial charge in [0.25, 0.3) is 0 Å². The van der Waals surface area contributed by atoms with Gasteiger partial charge in [-0.05, 0) is 37.1 Å². The molecule has 0 unspecified atom stereocenters. The Labute approximate surface area is 85.0 Å². The third-order valence-electron chi connectivity index (χ3n) is 2.58. The summed E-state index contributed by atoms with van der Waals surface area (Å²) in [6.07, 6.45) is 3.19. The van der Waals surface area contributed by atoms with Crippen molar-refractivity contribution in [2.45, 2.75) is 20.3 Å². The fourth-order valence-electron chi connectivity index (χ4n) is 1.78. The summed E-state index contributed by atoms with van der Waals surface area (Å²) >= 11 is 0. The fourth-order valence-corrected chi connectivity index (χ4v) is 1.78. The number of aryl methyl sites for hydroxylation is 2. The maximum atomic E-state index is 2.23. The van der Waals surface area contributed by atoms with Crippen LogP contribution in [0.15, 0.2) is 42.6 Å². The van der Waals surface area contributed by atoms with Gasteiger partial charge in [-0.2, -0.15) is 0 Å². The van der Waals surface area contributed by atoms with Gasteiger partial charge < -0.3 is 4.57 Å². The van der Waals surface area contributed by atoms with E-state index in [2.05, 4.69) is 61.0 Å². The number of aromatic nitrogens is 1. The zero-order chi connectivity index (χ0) is 9.97. The number of hydrogen-bond donors (Lipinski definition) is 0. The van der Waals surface area contributed by atoms with Crippen molar-refractivity contribution in [3.05, 3.63) is 53.9 Å². The van der Waals surface area contributed by atoms with Crippen molar-refractivity contribution in [1.29, 1.82) is 0 Å². The molecule has 0 aliphatic rings. The Morgan fingerprint density at radius 2 is 1.86 bits per heavy atom. The Hall–Kier alpha value is -1.50. The molecule has 1 aromatic heterocycles. The van der Waals surface area contributed by atoms with Gasteiger partial charge in [-0.25, -0.2) is 0 Å². The molecule has 0 bridgehead atoms. The van der Waals surface area contributed by atoms with Crippen LogP contribution in [0.25, 0.3) is 5.69 Å². The Morgan fingerprint density at radius 1 is 1.07 bits per heavy atom. The highest BCUT2D eigenvalue weighted by atomic mass is 15.0. The molecular formula is C13H15N. The zero-order valence-electron chi connectivity index (χ0n) is 8.70. The molecule has 0 fully saturated rings. The summed E-state index contributed by atoms with van der Waals surface area (Å²) in [7, 11) is 0. The number of hydrogen-bond acceptors (Lipinski definition) is 0. The van der Waals surface area contributed by atoms with Gasteiger partial charge in [-0.15, -0.1) is 0 Å². The van der Waals surface area contributed by atoms with Gasteiger partial charge in [0.05, 0.1) is 0 Å². The summed E-state index contributed by atoms with van der Waals surface area (Å²) < 4.78 is 2.23. The van der Waals surface area contributed by atoms with E-state index in [0.29, 0.717) is 0 Å². The van der Waals surface area contributed by atoms with Crippen LogP contribution in [0.5, 0.6) is 0 Å². The molecule has 0 amide bonds. The molecule has 0 spiro atoms. The van der Waals surface area contributed by atoms with Gasteiger partial charge in [0, 0.05) is 17.6 Å². The van der Waals surface area contributed by atoms with Gasteiger partial charge in [0.2, 0.25) is 0 Å². The van der Waals surface area contributed by atoms with E-state index in [1.54, 1.807) is 0 Å². The van der Waals surface area contributed by atoms with Crippen LogP contribution >= 0.6 is 0 Å². The molecule has 1 aromatic carbocycles. The van der Waals surface area contributed by atoms with Gasteiger partial charge in [-0.3, -0.25) is 0 Å². The molecule has 2 aromatic rings. The highest BCUT2D eigenvalue weighted by molar-refractivity contribution is 5.42. The van der Waals surface area contributed by atoms with E-state index in [4.69, 9.17) is 0 Å². The molecule has 1 nitrogen and oxygen atoms in total. The number of para-hydroxylation sites is 1. The minimum absolute atomic E-state index is 1.08. The summed E-state index contributed by atoms with van der Waals surface area (Å²) in [5.74, 6) is 0. The minimum atomic E-state index is 1.08. The second-order valence-corrected chi connectivity index (χ2v) is 3.50. The average Bonchev–Trinajstić information content (AvgIpc) is 2.64. The highest BCUT2D eigenvalue weighted by Gasteiger charge is 2.02. The number of rotatable bonds is 2. The Morgan fingerprint density at radius 3 is 2.50 bits per heavy atom. The lowest BCUT2D eigenvalue weighted by Gasteiger charge is -2.10. The number of benzene rings is 1. The van der Waals surface area contributed by atoms with Gasteiger partial charge in [0.1, 0.15) is 0 Å². The van der Waals surface area contributed by atoms with E-state index in [0.717, 1.165) is 6.42 Å². The van der Waals surface area contributed by atoms with Crippen molar-refractivity contribution in [3.63, 3.8) is 0 Å². The standard InChI is InChI=1S/C13H15N/c1-3-12-8-4-5-9-13(12)14-10-6-7-11(14)2/h4-10H,3H2,1-2H3. The van der Waals surface area contributed by atoms with E-state index < -0.39 is 0 Å². The van der Waals surface area contributed by atoms with Crippen LogP contribution in [0.4, 0.5) is 0 Å². The first kappa shape index (κ1) is 9.07. The van der Waals surface area contributed by atoms with Crippen LogP contribution in [0.2, 0.25) is 0 Å². The van der Waals surface area contributed by atoms with Gasteiger partial charge in [0.15, 0.2) is 0 Å². The lowest BCUT2D eigenvalue weighted by molar-refractivity contribution is 0.975. The largest absolute Gasteiger partial charge is 0.321 e. The smallest absolute Gasteiger partial charge is 0.0483 e. The predicted molar refractivity (Wildman–Crippen MR) is 59.9 cm³/mol. The average molecular weight is 185 g/mol. The van der Waals surface area contributed by atoms with Crippen LogP contribution in [-0.4, -0.2) is 4.57 Å². The first-order valence-corrected chi connectivity index (χ1v) is 5.05. The summed E-state index contributed by atoms with van der Waals surface area (Å²) in [4.78, 5) is 0. The van der Waals surface area contributed by atoms with Crippen LogP contribution in [0.3, 0.4) is 0 Å². The van der Waals surface area contributed by atoms with Crippen LogP contribution in [0, 0.1) is 6.92 Å². The van der Waals surface area contributed by atoms with Crippen molar-refractivity contribution in [1.82, 2.24) is 4.57 Å². The van der Waals surface area contributed by atoms with Crippen molar-refractivity contribution < 1.29 is 0 Å². The number of nitrogens with zero attached hydrogens (tertiary/aromatic N) is 1. The topological polar surface area (TPSA) is 4.93 Å². The van der Waals surface area contributed by atoms with Crippen LogP contribution in [0.1, 0.15) is 18.2 Å². The maximum Gasteiger partial charge on any atom is 0.0483 e. The minimum Gasteiger partial charge on any atom is -0.321 e. The molecular weight excluding hydrogens is 170 g/mol. The summed E-state index contributed by atoms with van der Waals surface area (Å²) in [6, 6.07) is 12.8. The second kappa shape index (κ2) is 3.70. The summed E-state index contributed by atoms with van der Waals surface area (Å²) in [5, 5.41) is 0. The molecule has 0 saturated carbocycles. The van der Waals surface area contributed by atoms with E-state index in [1.807, 2.05) is 0 Å². The Balaban J connectivity index is 2.56. The quantitative estimate of drug-likeness (QED) is 0.676. The third kappa shape index (κ3) is 1.46. The van der Waals surface area contributed by atoms with E-state index in [-0.39, 0.29) is 0 Å². The molecule has 0 N–H and O–H groups in total. The van der Waals surface area contributed by atoms with Crippen LogP contribution < -0.4 is 0 Å². The first-order chi connectivity index (χ1) is 6.83. The predicted octanol–water partition coefficient (Wildman–Crippen LogP) is 3.35. The fraction of sp³-hybridized carbons (Fsp3) is 0.231. The monoisotopic (exact) mass is 185 g/mol. The first-order valence-electron chi connectivity index (χ1n) is 5.05. The van der Waals surface area contributed by atoms with Gasteiger partial charge in [-0.1, -0.05) is 25.1 Å². The highest BCUT2D eigenvalue weighted by Crippen LogP contribution is 2.17. The summed E-state index contributed by atoms with van der Waals surface area (Å²) in [6.45, 7) is 4.32. The molecule has 0 aliphatic heterocycles. The van der Waals surface area contributed by atoms with Gasteiger partial charge >= 0.3 is 0 Å². The molecule has 14 heavy (non-hydrogen) atoms. The lowest BCUT2D eigenvalue weighted by atomic mass is 10.1. The maximum absolute atomic E-state index is 2.23. The molecule has 1 heteroatoms. The summed E-state index contributed by atoms with van der Waals surface area (Å²) in [5.41, 5.74) is 3.98. The van der Waals surface area contributed by atoms with Crippen molar-refractivity contribution >= 4 is 0 Å². The molecule has 0 aliphatic carbocycles.